The first-order valence-corrected chi connectivity index (χ1v) is 10.6. The first kappa shape index (κ1) is 20.5. The van der Waals surface area contributed by atoms with Gasteiger partial charge in [0.25, 0.3) is 11.8 Å². The number of rotatable bonds is 6. The average Bonchev–Trinajstić information content (AvgIpc) is 3.46. The highest BCUT2D eigenvalue weighted by Crippen LogP contribution is 2.24. The second-order valence-electron chi connectivity index (χ2n) is 6.74. The molecule has 0 spiro atoms. The fourth-order valence-electron chi connectivity index (χ4n) is 2.81. The van der Waals surface area contributed by atoms with Crippen molar-refractivity contribution in [1.29, 1.82) is 0 Å². The number of nitrogens with one attached hydrogen (secondary N) is 1. The maximum Gasteiger partial charge on any atom is 0.322 e. The van der Waals surface area contributed by atoms with Crippen LogP contribution in [0.4, 0.5) is 6.01 Å². The van der Waals surface area contributed by atoms with Crippen molar-refractivity contribution in [1.82, 2.24) is 14.5 Å². The summed E-state index contributed by atoms with van der Waals surface area (Å²) < 4.78 is 36.2. The summed E-state index contributed by atoms with van der Waals surface area (Å²) in [5.74, 6) is 0.125. The van der Waals surface area contributed by atoms with Crippen LogP contribution in [0.3, 0.4) is 0 Å². The highest BCUT2D eigenvalue weighted by atomic mass is 32.2. The van der Waals surface area contributed by atoms with E-state index in [9.17, 15) is 13.2 Å². The van der Waals surface area contributed by atoms with E-state index < -0.39 is 15.9 Å². The van der Waals surface area contributed by atoms with Crippen LogP contribution in [0.5, 0.6) is 0 Å². The van der Waals surface area contributed by atoms with E-state index in [2.05, 4.69) is 15.5 Å². The normalized spacial score (nSPS) is 11.6. The molecule has 1 amide bonds. The van der Waals surface area contributed by atoms with Crippen LogP contribution in [0.25, 0.3) is 22.8 Å². The SMILES string of the molecule is CN(C)S(=O)(=O)c1ccc(-c2cccc(C(=O)Nc3nnc(-c4ccco4)o3)c2)cc1. The van der Waals surface area contributed by atoms with E-state index in [1.807, 2.05) is 6.07 Å². The average molecular weight is 438 g/mol. The highest BCUT2D eigenvalue weighted by Gasteiger charge is 2.17. The van der Waals surface area contributed by atoms with E-state index >= 15 is 0 Å². The topological polar surface area (TPSA) is 119 Å². The molecule has 4 aromatic rings. The Bertz CT molecular complexity index is 1310. The molecule has 10 heteroatoms. The Kier molecular flexibility index (Phi) is 5.40. The molecule has 31 heavy (non-hydrogen) atoms. The van der Waals surface area contributed by atoms with E-state index in [1.54, 1.807) is 42.5 Å². The molecule has 1 N–H and O–H groups in total. The van der Waals surface area contributed by atoms with E-state index in [4.69, 9.17) is 8.83 Å². The molecule has 4 rings (SSSR count). The first-order valence-electron chi connectivity index (χ1n) is 9.16. The lowest BCUT2D eigenvalue weighted by atomic mass is 10.0. The van der Waals surface area contributed by atoms with E-state index in [1.165, 1.54) is 32.5 Å². The van der Waals surface area contributed by atoms with Crippen molar-refractivity contribution in [3.05, 3.63) is 72.5 Å². The number of hydrogen-bond donors (Lipinski definition) is 1. The van der Waals surface area contributed by atoms with Gasteiger partial charge in [0.2, 0.25) is 10.0 Å². The molecule has 2 aromatic carbocycles. The summed E-state index contributed by atoms with van der Waals surface area (Å²) in [4.78, 5) is 12.8. The molecule has 0 aliphatic rings. The molecular formula is C21H18N4O5S. The van der Waals surface area contributed by atoms with Crippen molar-refractivity contribution in [2.45, 2.75) is 4.90 Å². The molecule has 0 aliphatic heterocycles. The summed E-state index contributed by atoms with van der Waals surface area (Å²) in [6.45, 7) is 0. The van der Waals surface area contributed by atoms with Gasteiger partial charge in [0.1, 0.15) is 0 Å². The number of benzene rings is 2. The van der Waals surface area contributed by atoms with Crippen LogP contribution in [0.2, 0.25) is 0 Å². The van der Waals surface area contributed by atoms with Crippen molar-refractivity contribution < 1.29 is 22.0 Å². The van der Waals surface area contributed by atoms with Crippen LogP contribution in [-0.2, 0) is 10.0 Å². The molecule has 0 fully saturated rings. The number of anilines is 1. The largest absolute Gasteiger partial charge is 0.459 e. The second kappa shape index (κ2) is 8.17. The van der Waals surface area contributed by atoms with E-state index in [-0.39, 0.29) is 16.8 Å². The minimum absolute atomic E-state index is 0.0555. The number of nitrogens with zero attached hydrogens (tertiary/aromatic N) is 3. The zero-order chi connectivity index (χ0) is 22.0. The number of amides is 1. The Hall–Kier alpha value is -3.76. The van der Waals surface area contributed by atoms with Gasteiger partial charge < -0.3 is 8.83 Å². The van der Waals surface area contributed by atoms with Gasteiger partial charge in [0.05, 0.1) is 11.2 Å². The van der Waals surface area contributed by atoms with E-state index in [0.29, 0.717) is 11.3 Å². The third-order valence-corrected chi connectivity index (χ3v) is 6.30. The first-order chi connectivity index (χ1) is 14.8. The van der Waals surface area contributed by atoms with Gasteiger partial charge >= 0.3 is 6.01 Å². The van der Waals surface area contributed by atoms with Gasteiger partial charge in [-0.05, 0) is 47.5 Å². The maximum absolute atomic E-state index is 12.6. The van der Waals surface area contributed by atoms with Crippen LogP contribution >= 0.6 is 0 Å². The number of carbonyl (C=O) groups is 1. The van der Waals surface area contributed by atoms with Crippen LogP contribution in [0.15, 0.2) is 80.7 Å². The van der Waals surface area contributed by atoms with Crippen molar-refractivity contribution in [2.24, 2.45) is 0 Å². The fourth-order valence-corrected chi connectivity index (χ4v) is 3.71. The predicted octanol–water partition coefficient (Wildman–Crippen LogP) is 3.50. The Labute approximate surface area is 178 Å². The quantitative estimate of drug-likeness (QED) is 0.489. The van der Waals surface area contributed by atoms with Crippen molar-refractivity contribution >= 4 is 21.9 Å². The fraction of sp³-hybridized carbons (Fsp3) is 0.0952. The second-order valence-corrected chi connectivity index (χ2v) is 8.89. The lowest BCUT2D eigenvalue weighted by Crippen LogP contribution is -2.22. The number of aromatic nitrogens is 2. The van der Waals surface area contributed by atoms with Crippen molar-refractivity contribution in [3.63, 3.8) is 0 Å². The number of sulfonamides is 1. The van der Waals surface area contributed by atoms with Gasteiger partial charge in [-0.1, -0.05) is 29.4 Å². The maximum atomic E-state index is 12.6. The minimum Gasteiger partial charge on any atom is -0.459 e. The van der Waals surface area contributed by atoms with Gasteiger partial charge in [0.15, 0.2) is 5.76 Å². The molecule has 9 nitrogen and oxygen atoms in total. The summed E-state index contributed by atoms with van der Waals surface area (Å²) in [7, 11) is -0.550. The minimum atomic E-state index is -3.51. The molecule has 158 valence electrons. The molecule has 0 unspecified atom stereocenters. The Morgan fingerprint density at radius 1 is 0.968 bits per heavy atom. The third-order valence-electron chi connectivity index (χ3n) is 4.47. The number of furan rings is 1. The lowest BCUT2D eigenvalue weighted by Gasteiger charge is -2.12. The van der Waals surface area contributed by atoms with Crippen molar-refractivity contribution in [2.75, 3.05) is 19.4 Å². The summed E-state index contributed by atoms with van der Waals surface area (Å²) in [5.41, 5.74) is 1.90. The summed E-state index contributed by atoms with van der Waals surface area (Å²) >= 11 is 0. The summed E-state index contributed by atoms with van der Waals surface area (Å²) in [6, 6.07) is 16.6. The zero-order valence-electron chi connectivity index (χ0n) is 16.6. The van der Waals surface area contributed by atoms with Gasteiger partial charge in [0, 0.05) is 19.7 Å². The van der Waals surface area contributed by atoms with Crippen LogP contribution in [0, 0.1) is 0 Å². The van der Waals surface area contributed by atoms with Gasteiger partial charge in [-0.3, -0.25) is 10.1 Å². The molecule has 0 saturated heterocycles. The molecule has 0 bridgehead atoms. The molecule has 2 aromatic heterocycles. The summed E-state index contributed by atoms with van der Waals surface area (Å²) in [6.07, 6.45) is 1.48. The van der Waals surface area contributed by atoms with Crippen LogP contribution in [0.1, 0.15) is 10.4 Å². The smallest absolute Gasteiger partial charge is 0.322 e. The molecular weight excluding hydrogens is 420 g/mol. The monoisotopic (exact) mass is 438 g/mol. The molecule has 0 atom stereocenters. The number of carbonyl (C=O) groups excluding carboxylic acids is 1. The Morgan fingerprint density at radius 2 is 1.74 bits per heavy atom. The Morgan fingerprint density at radius 3 is 2.42 bits per heavy atom. The number of hydrogen-bond acceptors (Lipinski definition) is 7. The van der Waals surface area contributed by atoms with E-state index in [0.717, 1.165) is 15.4 Å². The third kappa shape index (κ3) is 4.25. The van der Waals surface area contributed by atoms with Gasteiger partial charge in [-0.25, -0.2) is 12.7 Å². The van der Waals surface area contributed by atoms with Crippen LogP contribution < -0.4 is 5.32 Å². The highest BCUT2D eigenvalue weighted by molar-refractivity contribution is 7.89. The molecule has 0 aliphatic carbocycles. The van der Waals surface area contributed by atoms with Crippen LogP contribution in [-0.4, -0.2) is 42.9 Å². The van der Waals surface area contributed by atoms with Gasteiger partial charge in [-0.2, -0.15) is 0 Å². The molecule has 2 heterocycles. The Balaban J connectivity index is 1.52. The molecule has 0 radical (unpaired) electrons. The predicted molar refractivity (Wildman–Crippen MR) is 113 cm³/mol. The lowest BCUT2D eigenvalue weighted by molar-refractivity contribution is 0.102. The zero-order valence-corrected chi connectivity index (χ0v) is 17.5. The van der Waals surface area contributed by atoms with Crippen molar-refractivity contribution in [3.8, 4) is 22.8 Å². The molecule has 0 saturated carbocycles. The summed E-state index contributed by atoms with van der Waals surface area (Å²) in [5, 5.41) is 10.2. The standard InChI is InChI=1S/C21H18N4O5S/c1-25(2)31(27,28)17-10-8-14(9-11-17)15-5-3-6-16(13-15)19(26)22-21-24-23-20(30-21)18-7-4-12-29-18/h3-13H,1-2H3,(H,22,24,26). The van der Waals surface area contributed by atoms with Gasteiger partial charge in [-0.15, -0.1) is 5.10 Å².